The Labute approximate surface area is 199 Å². The molecule has 1 aliphatic rings. The topological polar surface area (TPSA) is 136 Å². The van der Waals surface area contributed by atoms with Crippen molar-refractivity contribution in [2.45, 2.75) is 12.3 Å². The number of aromatic hydroxyl groups is 1. The van der Waals surface area contributed by atoms with Crippen LogP contribution in [0.4, 0.5) is 5.95 Å². The summed E-state index contributed by atoms with van der Waals surface area (Å²) in [6.07, 6.45) is 4.48. The van der Waals surface area contributed by atoms with Crippen LogP contribution in [0.15, 0.2) is 70.3 Å². The van der Waals surface area contributed by atoms with E-state index in [4.69, 9.17) is 13.9 Å². The van der Waals surface area contributed by atoms with Crippen LogP contribution in [0.5, 0.6) is 17.2 Å². The second-order valence-electron chi connectivity index (χ2n) is 7.89. The van der Waals surface area contributed by atoms with Crippen LogP contribution < -0.4 is 25.5 Å². The second-order valence-corrected chi connectivity index (χ2v) is 7.89. The Balaban J connectivity index is 1.40. The number of rotatable bonds is 8. The third-order valence-electron chi connectivity index (χ3n) is 5.67. The Bertz CT molecular complexity index is 1420. The molecule has 3 N–H and O–H groups in total. The average Bonchev–Trinajstić information content (AvgIpc) is 3.33. The highest BCUT2D eigenvalue weighted by Gasteiger charge is 2.28. The summed E-state index contributed by atoms with van der Waals surface area (Å²) in [6.45, 7) is 0.747. The SMILES string of the molecule is O=C(C[C@@H](c1cc2c(cc1O)OCO2)c1coc2ccccc2c1=O)NCCNc1ncccn1. The average molecular weight is 474 g/mol. The molecule has 0 saturated heterocycles. The standard InChI is InChI=1S/C25H22N4O6/c30-19-12-22-21(34-14-35-22)10-17(19)16(18-13-33-20-5-2-1-4-15(20)24(18)32)11-23(31)26-8-9-29-25-27-6-3-7-28-25/h1-7,10,12-13,16,30H,8-9,11,14H2,(H,26,31)(H,27,28,29)/t16-/m0/s1. The third kappa shape index (κ3) is 4.72. The normalized spacial score (nSPS) is 12.9. The molecule has 0 unspecified atom stereocenters. The van der Waals surface area contributed by atoms with Crippen LogP contribution in [0, 0.1) is 0 Å². The number of carbonyl (C=O) groups excluding carboxylic acids is 1. The molecule has 1 amide bonds. The van der Waals surface area contributed by atoms with Gasteiger partial charge in [0.2, 0.25) is 18.6 Å². The van der Waals surface area contributed by atoms with Gasteiger partial charge in [-0.3, -0.25) is 9.59 Å². The van der Waals surface area contributed by atoms with Gasteiger partial charge >= 0.3 is 0 Å². The Morgan fingerprint density at radius 1 is 1.03 bits per heavy atom. The van der Waals surface area contributed by atoms with Crippen LogP contribution in [-0.2, 0) is 4.79 Å². The van der Waals surface area contributed by atoms with Crippen LogP contribution in [0.2, 0.25) is 0 Å². The fourth-order valence-corrected chi connectivity index (χ4v) is 3.97. The van der Waals surface area contributed by atoms with E-state index in [9.17, 15) is 14.7 Å². The number of benzene rings is 2. The molecular weight excluding hydrogens is 452 g/mol. The van der Waals surface area contributed by atoms with Crippen molar-refractivity contribution in [3.05, 3.63) is 82.5 Å². The molecule has 10 nitrogen and oxygen atoms in total. The lowest BCUT2D eigenvalue weighted by atomic mass is 9.87. The molecule has 10 heteroatoms. The van der Waals surface area contributed by atoms with Gasteiger partial charge in [-0.25, -0.2) is 9.97 Å². The van der Waals surface area contributed by atoms with Crippen LogP contribution in [0.3, 0.4) is 0 Å². The highest BCUT2D eigenvalue weighted by Crippen LogP contribution is 2.42. The molecule has 2 aromatic heterocycles. The summed E-state index contributed by atoms with van der Waals surface area (Å²) in [5.74, 6) is 0.0852. The molecule has 0 saturated carbocycles. The number of amides is 1. The number of fused-ring (bicyclic) bond motifs is 2. The summed E-state index contributed by atoms with van der Waals surface area (Å²) >= 11 is 0. The predicted molar refractivity (Wildman–Crippen MR) is 127 cm³/mol. The molecule has 5 rings (SSSR count). The summed E-state index contributed by atoms with van der Waals surface area (Å²) in [6, 6.07) is 11.6. The van der Waals surface area contributed by atoms with Crippen molar-refractivity contribution in [1.29, 1.82) is 0 Å². The zero-order valence-electron chi connectivity index (χ0n) is 18.6. The lowest BCUT2D eigenvalue weighted by Crippen LogP contribution is -2.31. The highest BCUT2D eigenvalue weighted by molar-refractivity contribution is 5.80. The molecule has 0 bridgehead atoms. The van der Waals surface area contributed by atoms with Gasteiger partial charge in [0, 0.05) is 55.0 Å². The first-order valence-corrected chi connectivity index (χ1v) is 11.0. The molecule has 3 heterocycles. The number of nitrogens with one attached hydrogen (secondary N) is 2. The van der Waals surface area contributed by atoms with E-state index in [1.807, 2.05) is 0 Å². The molecule has 178 valence electrons. The fourth-order valence-electron chi connectivity index (χ4n) is 3.97. The van der Waals surface area contributed by atoms with E-state index in [2.05, 4.69) is 20.6 Å². The summed E-state index contributed by atoms with van der Waals surface area (Å²) < 4.78 is 16.5. The largest absolute Gasteiger partial charge is 0.508 e. The van der Waals surface area contributed by atoms with Gasteiger partial charge in [-0.15, -0.1) is 0 Å². The summed E-state index contributed by atoms with van der Waals surface area (Å²) in [4.78, 5) is 34.4. The second kappa shape index (κ2) is 9.72. The van der Waals surface area contributed by atoms with Gasteiger partial charge in [0.25, 0.3) is 0 Å². The minimum absolute atomic E-state index is 0.0274. The van der Waals surface area contributed by atoms with Crippen molar-refractivity contribution in [3.63, 3.8) is 0 Å². The fraction of sp³-hybridized carbons (Fsp3) is 0.200. The van der Waals surface area contributed by atoms with Gasteiger partial charge in [0.05, 0.1) is 11.6 Å². The lowest BCUT2D eigenvalue weighted by Gasteiger charge is -2.19. The van der Waals surface area contributed by atoms with Crippen LogP contribution >= 0.6 is 0 Å². The number of hydrogen-bond donors (Lipinski definition) is 3. The molecular formula is C25H22N4O6. The van der Waals surface area contributed by atoms with E-state index in [1.165, 1.54) is 12.3 Å². The predicted octanol–water partition coefficient (Wildman–Crippen LogP) is 2.77. The zero-order chi connectivity index (χ0) is 24.2. The van der Waals surface area contributed by atoms with Crippen molar-refractivity contribution in [2.24, 2.45) is 0 Å². The molecule has 0 spiro atoms. The van der Waals surface area contributed by atoms with E-state index in [0.717, 1.165) is 0 Å². The van der Waals surface area contributed by atoms with Crippen molar-refractivity contribution < 1.29 is 23.8 Å². The quantitative estimate of drug-likeness (QED) is 0.329. The molecule has 2 aromatic carbocycles. The first-order valence-electron chi connectivity index (χ1n) is 11.0. The Kier molecular flexibility index (Phi) is 6.16. The number of aromatic nitrogens is 2. The molecule has 1 aliphatic heterocycles. The summed E-state index contributed by atoms with van der Waals surface area (Å²) in [7, 11) is 0. The van der Waals surface area contributed by atoms with Crippen molar-refractivity contribution in [3.8, 4) is 17.2 Å². The maximum Gasteiger partial charge on any atom is 0.231 e. The maximum absolute atomic E-state index is 13.3. The molecule has 4 aromatic rings. The van der Waals surface area contributed by atoms with E-state index in [1.54, 1.807) is 48.8 Å². The Hall–Kier alpha value is -4.60. The molecule has 1 atom stereocenters. The monoisotopic (exact) mass is 474 g/mol. The van der Waals surface area contributed by atoms with Crippen LogP contribution in [0.25, 0.3) is 11.0 Å². The number of phenolic OH excluding ortho intramolecular Hbond substituents is 1. The van der Waals surface area contributed by atoms with E-state index in [-0.39, 0.29) is 35.9 Å². The molecule has 0 radical (unpaired) electrons. The summed E-state index contributed by atoms with van der Waals surface area (Å²) in [5, 5.41) is 17.0. The molecule has 35 heavy (non-hydrogen) atoms. The highest BCUT2D eigenvalue weighted by atomic mass is 16.7. The van der Waals surface area contributed by atoms with Gasteiger partial charge in [0.15, 0.2) is 16.9 Å². The number of hydrogen-bond acceptors (Lipinski definition) is 9. The van der Waals surface area contributed by atoms with Crippen LogP contribution in [0.1, 0.15) is 23.5 Å². The Morgan fingerprint density at radius 2 is 1.80 bits per heavy atom. The number of ether oxygens (including phenoxy) is 2. The number of phenols is 1. The maximum atomic E-state index is 13.3. The first-order chi connectivity index (χ1) is 17.1. The lowest BCUT2D eigenvalue weighted by molar-refractivity contribution is -0.121. The van der Waals surface area contributed by atoms with Gasteiger partial charge < -0.3 is 29.6 Å². The number of anilines is 1. The smallest absolute Gasteiger partial charge is 0.231 e. The third-order valence-corrected chi connectivity index (χ3v) is 5.67. The van der Waals surface area contributed by atoms with Crippen molar-refractivity contribution in [1.82, 2.24) is 15.3 Å². The minimum Gasteiger partial charge on any atom is -0.508 e. The molecule has 0 fully saturated rings. The summed E-state index contributed by atoms with van der Waals surface area (Å²) in [5.41, 5.74) is 0.782. The van der Waals surface area contributed by atoms with E-state index < -0.39 is 5.92 Å². The number of para-hydroxylation sites is 1. The van der Waals surface area contributed by atoms with Gasteiger partial charge in [0.1, 0.15) is 11.3 Å². The zero-order valence-corrected chi connectivity index (χ0v) is 18.6. The van der Waals surface area contributed by atoms with Gasteiger partial charge in [-0.05, 0) is 24.3 Å². The first kappa shape index (κ1) is 22.2. The van der Waals surface area contributed by atoms with E-state index >= 15 is 0 Å². The van der Waals surface area contributed by atoms with Crippen molar-refractivity contribution >= 4 is 22.8 Å². The Morgan fingerprint density at radius 3 is 2.63 bits per heavy atom. The number of carbonyl (C=O) groups is 1. The minimum atomic E-state index is -0.782. The van der Waals surface area contributed by atoms with Crippen molar-refractivity contribution in [2.75, 3.05) is 25.2 Å². The van der Waals surface area contributed by atoms with Crippen LogP contribution in [-0.4, -0.2) is 40.9 Å². The number of nitrogens with zero attached hydrogens (tertiary/aromatic N) is 2. The molecule has 0 aliphatic carbocycles. The van der Waals surface area contributed by atoms with Gasteiger partial charge in [-0.1, -0.05) is 12.1 Å². The van der Waals surface area contributed by atoms with Gasteiger partial charge in [-0.2, -0.15) is 0 Å². The van der Waals surface area contributed by atoms with E-state index in [0.29, 0.717) is 47.1 Å².